The van der Waals surface area contributed by atoms with E-state index < -0.39 is 0 Å². The van der Waals surface area contributed by atoms with Crippen molar-refractivity contribution in [3.05, 3.63) is 42.0 Å². The molecule has 1 fully saturated rings. The maximum absolute atomic E-state index is 12.2. The van der Waals surface area contributed by atoms with Crippen LogP contribution in [0.25, 0.3) is 5.70 Å². The lowest BCUT2D eigenvalue weighted by Crippen LogP contribution is -2.39. The van der Waals surface area contributed by atoms with Gasteiger partial charge in [-0.3, -0.25) is 14.4 Å². The average Bonchev–Trinajstić information content (AvgIpc) is 2.78. The summed E-state index contributed by atoms with van der Waals surface area (Å²) < 4.78 is 0. The molecule has 2 heterocycles. The molecule has 0 bridgehead atoms. The molecule has 5 heteroatoms. The molecule has 3 rings (SSSR count). The molecule has 0 unspecified atom stereocenters. The van der Waals surface area contributed by atoms with Crippen LogP contribution in [0.5, 0.6) is 0 Å². The van der Waals surface area contributed by atoms with Crippen molar-refractivity contribution in [2.45, 2.75) is 19.3 Å². The Morgan fingerprint density at radius 2 is 1.81 bits per heavy atom. The number of likely N-dealkylation sites (tertiary alicyclic amines) is 1. The number of fused-ring (bicyclic) bond motifs is 1. The van der Waals surface area contributed by atoms with Crippen LogP contribution < -0.4 is 0 Å². The van der Waals surface area contributed by atoms with Crippen LogP contribution in [0.2, 0.25) is 0 Å². The van der Waals surface area contributed by atoms with Gasteiger partial charge in [0.15, 0.2) is 6.61 Å². The van der Waals surface area contributed by atoms with E-state index in [0.29, 0.717) is 11.3 Å². The van der Waals surface area contributed by atoms with Gasteiger partial charge in [-0.2, -0.15) is 5.06 Å². The number of piperidine rings is 1. The van der Waals surface area contributed by atoms with Gasteiger partial charge in [0, 0.05) is 18.7 Å². The Morgan fingerprint density at radius 3 is 2.48 bits per heavy atom. The number of carbonyl (C=O) groups is 2. The van der Waals surface area contributed by atoms with E-state index in [4.69, 9.17) is 4.84 Å². The van der Waals surface area contributed by atoms with Crippen LogP contribution in [-0.4, -0.2) is 41.5 Å². The summed E-state index contributed by atoms with van der Waals surface area (Å²) in [6, 6.07) is 7.20. The first-order valence-corrected chi connectivity index (χ1v) is 7.22. The summed E-state index contributed by atoms with van der Waals surface area (Å²) in [6.45, 7) is 5.30. The Kier molecular flexibility index (Phi) is 3.75. The van der Waals surface area contributed by atoms with E-state index in [1.54, 1.807) is 17.0 Å². The molecule has 2 amide bonds. The Morgan fingerprint density at radius 1 is 1.14 bits per heavy atom. The van der Waals surface area contributed by atoms with Crippen LogP contribution >= 0.6 is 0 Å². The van der Waals surface area contributed by atoms with Crippen molar-refractivity contribution >= 4 is 17.5 Å². The second-order valence-corrected chi connectivity index (χ2v) is 5.31. The van der Waals surface area contributed by atoms with Crippen LogP contribution in [0.15, 0.2) is 30.8 Å². The van der Waals surface area contributed by atoms with Crippen LogP contribution in [-0.2, 0) is 9.63 Å². The quantitative estimate of drug-likeness (QED) is 0.854. The van der Waals surface area contributed by atoms with Gasteiger partial charge in [-0.1, -0.05) is 24.8 Å². The molecule has 0 N–H and O–H groups in total. The molecule has 0 aliphatic carbocycles. The normalized spacial score (nSPS) is 18.1. The molecule has 0 atom stereocenters. The van der Waals surface area contributed by atoms with Crippen LogP contribution in [0.3, 0.4) is 0 Å². The second kappa shape index (κ2) is 5.69. The third-order valence-electron chi connectivity index (χ3n) is 3.92. The summed E-state index contributed by atoms with van der Waals surface area (Å²) >= 11 is 0. The number of rotatable bonds is 3. The molecule has 110 valence electrons. The van der Waals surface area contributed by atoms with E-state index >= 15 is 0 Å². The highest BCUT2D eigenvalue weighted by atomic mass is 16.7. The van der Waals surface area contributed by atoms with Gasteiger partial charge in [0.1, 0.15) is 0 Å². The van der Waals surface area contributed by atoms with Gasteiger partial charge in [-0.15, -0.1) is 0 Å². The Bertz CT molecular complexity index is 556. The Hall–Kier alpha value is -2.14. The number of amides is 2. The van der Waals surface area contributed by atoms with Gasteiger partial charge in [0.2, 0.25) is 0 Å². The maximum atomic E-state index is 12.2. The first-order valence-electron chi connectivity index (χ1n) is 7.22. The predicted octanol–water partition coefficient (Wildman–Crippen LogP) is 2.06. The first kappa shape index (κ1) is 13.8. The number of carbonyl (C=O) groups excluding carboxylic acids is 2. The van der Waals surface area contributed by atoms with E-state index in [1.807, 2.05) is 12.1 Å². The van der Waals surface area contributed by atoms with Gasteiger partial charge < -0.3 is 4.90 Å². The van der Waals surface area contributed by atoms with E-state index in [-0.39, 0.29) is 18.4 Å². The van der Waals surface area contributed by atoms with Gasteiger partial charge in [-0.05, 0) is 25.3 Å². The summed E-state index contributed by atoms with van der Waals surface area (Å²) in [4.78, 5) is 31.5. The summed E-state index contributed by atoms with van der Waals surface area (Å²) in [5.41, 5.74) is 1.81. The molecule has 21 heavy (non-hydrogen) atoms. The molecule has 0 saturated carbocycles. The van der Waals surface area contributed by atoms with E-state index in [0.717, 1.165) is 36.6 Å². The third-order valence-corrected chi connectivity index (χ3v) is 3.92. The SMILES string of the molecule is C=C1c2ccccc2C(=O)N1OCC(=O)N1CCCCC1. The zero-order chi connectivity index (χ0) is 14.8. The minimum absolute atomic E-state index is 0.0775. The molecule has 0 aromatic heterocycles. The number of hydrogen-bond donors (Lipinski definition) is 0. The minimum Gasteiger partial charge on any atom is -0.341 e. The molecule has 2 aliphatic heterocycles. The summed E-state index contributed by atoms with van der Waals surface area (Å²) in [5, 5.41) is 1.13. The molecule has 1 aromatic rings. The number of benzene rings is 1. The molecular formula is C16H18N2O3. The van der Waals surface area contributed by atoms with E-state index in [2.05, 4.69) is 6.58 Å². The Labute approximate surface area is 123 Å². The lowest BCUT2D eigenvalue weighted by molar-refractivity contribution is -0.148. The van der Waals surface area contributed by atoms with Gasteiger partial charge >= 0.3 is 0 Å². The highest BCUT2D eigenvalue weighted by molar-refractivity contribution is 6.08. The van der Waals surface area contributed by atoms with Crippen molar-refractivity contribution in [2.24, 2.45) is 0 Å². The molecule has 0 radical (unpaired) electrons. The zero-order valence-electron chi connectivity index (χ0n) is 11.9. The largest absolute Gasteiger partial charge is 0.341 e. The lowest BCUT2D eigenvalue weighted by atomic mass is 10.1. The fraction of sp³-hybridized carbons (Fsp3) is 0.375. The monoisotopic (exact) mass is 286 g/mol. The van der Waals surface area contributed by atoms with E-state index in [1.165, 1.54) is 6.42 Å². The van der Waals surface area contributed by atoms with Crippen molar-refractivity contribution in [1.82, 2.24) is 9.96 Å². The lowest BCUT2D eigenvalue weighted by Gasteiger charge is -2.27. The minimum atomic E-state index is -0.262. The van der Waals surface area contributed by atoms with Crippen molar-refractivity contribution in [3.63, 3.8) is 0 Å². The van der Waals surface area contributed by atoms with Gasteiger partial charge in [0.25, 0.3) is 11.8 Å². The molecular weight excluding hydrogens is 268 g/mol. The van der Waals surface area contributed by atoms with Crippen molar-refractivity contribution in [1.29, 1.82) is 0 Å². The molecule has 1 aromatic carbocycles. The van der Waals surface area contributed by atoms with Crippen molar-refractivity contribution < 1.29 is 14.4 Å². The maximum Gasteiger partial charge on any atom is 0.282 e. The van der Waals surface area contributed by atoms with Gasteiger partial charge in [0.05, 0.1) is 11.3 Å². The first-order chi connectivity index (χ1) is 10.2. The zero-order valence-corrected chi connectivity index (χ0v) is 11.9. The molecule has 2 aliphatic rings. The Balaban J connectivity index is 1.63. The van der Waals surface area contributed by atoms with Crippen LogP contribution in [0.1, 0.15) is 35.2 Å². The fourth-order valence-corrected chi connectivity index (χ4v) is 2.75. The highest BCUT2D eigenvalue weighted by Gasteiger charge is 2.32. The smallest absolute Gasteiger partial charge is 0.282 e. The highest BCUT2D eigenvalue weighted by Crippen LogP contribution is 2.31. The van der Waals surface area contributed by atoms with Crippen LogP contribution in [0, 0.1) is 0 Å². The second-order valence-electron chi connectivity index (χ2n) is 5.31. The standard InChI is InChI=1S/C16H18N2O3/c1-12-13-7-3-4-8-14(13)16(20)18(12)21-11-15(19)17-9-5-2-6-10-17/h3-4,7-8H,1-2,5-6,9-11H2. The van der Waals surface area contributed by atoms with Gasteiger partial charge in [-0.25, -0.2) is 0 Å². The summed E-state index contributed by atoms with van der Waals surface area (Å²) in [5.74, 6) is -0.340. The molecule has 5 nitrogen and oxygen atoms in total. The third kappa shape index (κ3) is 2.56. The predicted molar refractivity (Wildman–Crippen MR) is 78.0 cm³/mol. The van der Waals surface area contributed by atoms with Crippen molar-refractivity contribution in [3.8, 4) is 0 Å². The van der Waals surface area contributed by atoms with Crippen LogP contribution in [0.4, 0.5) is 0 Å². The van der Waals surface area contributed by atoms with E-state index in [9.17, 15) is 9.59 Å². The summed E-state index contributed by atoms with van der Waals surface area (Å²) in [7, 11) is 0. The summed E-state index contributed by atoms with van der Waals surface area (Å²) in [6.07, 6.45) is 3.24. The molecule has 1 saturated heterocycles. The topological polar surface area (TPSA) is 49.9 Å². The number of nitrogens with zero attached hydrogens (tertiary/aromatic N) is 2. The fourth-order valence-electron chi connectivity index (χ4n) is 2.75. The average molecular weight is 286 g/mol. The number of hydrogen-bond acceptors (Lipinski definition) is 3. The number of hydroxylamine groups is 2. The van der Waals surface area contributed by atoms with Crippen molar-refractivity contribution in [2.75, 3.05) is 19.7 Å². The molecule has 0 spiro atoms.